The summed E-state index contributed by atoms with van der Waals surface area (Å²) >= 11 is -1.30. The fourth-order valence-corrected chi connectivity index (χ4v) is 4.82. The lowest BCUT2D eigenvalue weighted by molar-refractivity contribution is 0.531. The first-order valence-corrected chi connectivity index (χ1v) is 13.2. The molecule has 0 bridgehead atoms. The molecule has 1 heterocycles. The summed E-state index contributed by atoms with van der Waals surface area (Å²) in [5, 5.41) is 0.481. The summed E-state index contributed by atoms with van der Waals surface area (Å²) in [6.45, 7) is 9.49. The maximum absolute atomic E-state index is 13.2. The van der Waals surface area contributed by atoms with Crippen molar-refractivity contribution in [2.75, 3.05) is 6.26 Å². The molecule has 0 spiro atoms. The average Bonchev–Trinajstić information content (AvgIpc) is 2.69. The number of nitrogens with zero attached hydrogens (tertiary/aromatic N) is 2. The van der Waals surface area contributed by atoms with Gasteiger partial charge in [0.25, 0.3) is 5.56 Å². The van der Waals surface area contributed by atoms with Gasteiger partial charge in [0.2, 0.25) is 0 Å². The summed E-state index contributed by atoms with van der Waals surface area (Å²) in [6, 6.07) is 9.75. The Hall–Kier alpha value is -2.20. The second kappa shape index (κ2) is 8.62. The van der Waals surface area contributed by atoms with Gasteiger partial charge in [0, 0.05) is 35.8 Å². The van der Waals surface area contributed by atoms with Gasteiger partial charge >= 0.3 is 0 Å². The topological polar surface area (TPSA) is 104 Å². The van der Waals surface area contributed by atoms with Gasteiger partial charge in [-0.2, -0.15) is 0 Å². The number of aromatic nitrogens is 2. The molecule has 1 N–H and O–H groups in total. The predicted octanol–water partition coefficient (Wildman–Crippen LogP) is 3.43. The Morgan fingerprint density at radius 3 is 2.28 bits per heavy atom. The normalized spacial score (nSPS) is 14.5. The molecule has 32 heavy (non-hydrogen) atoms. The zero-order valence-electron chi connectivity index (χ0n) is 19.4. The number of rotatable bonds is 5. The van der Waals surface area contributed by atoms with E-state index in [1.54, 1.807) is 25.2 Å². The van der Waals surface area contributed by atoms with Gasteiger partial charge in [-0.1, -0.05) is 6.07 Å². The Bertz CT molecular complexity index is 1320. The van der Waals surface area contributed by atoms with Crippen molar-refractivity contribution in [1.82, 2.24) is 14.3 Å². The van der Waals surface area contributed by atoms with E-state index in [2.05, 4.69) is 4.72 Å². The summed E-state index contributed by atoms with van der Waals surface area (Å²) in [5.41, 5.74) is 2.65. The largest absolute Gasteiger partial charge is 0.598 e. The molecule has 0 saturated carbocycles. The fourth-order valence-electron chi connectivity index (χ4n) is 3.39. The fraction of sp³-hybridized carbons (Fsp3) is 0.391. The van der Waals surface area contributed by atoms with Crippen LogP contribution in [0.4, 0.5) is 0 Å². The molecule has 9 heteroatoms. The maximum Gasteiger partial charge on any atom is 0.261 e. The number of nitrogens with one attached hydrogen (secondary N) is 1. The zero-order valence-corrected chi connectivity index (χ0v) is 21.0. The smallest absolute Gasteiger partial charge is 0.261 e. The van der Waals surface area contributed by atoms with Gasteiger partial charge in [0.05, 0.1) is 21.8 Å². The molecular weight excluding hydrogens is 446 g/mol. The van der Waals surface area contributed by atoms with Crippen LogP contribution in [0.5, 0.6) is 0 Å². The van der Waals surface area contributed by atoms with Crippen LogP contribution in [-0.2, 0) is 28.2 Å². The van der Waals surface area contributed by atoms with Crippen molar-refractivity contribution in [3.05, 3.63) is 57.9 Å². The molecule has 0 radical (unpaired) electrons. The van der Waals surface area contributed by atoms with E-state index < -0.39 is 25.9 Å². The van der Waals surface area contributed by atoms with Crippen molar-refractivity contribution >= 4 is 32.1 Å². The summed E-state index contributed by atoms with van der Waals surface area (Å²) in [5.74, 6) is 0.428. The Morgan fingerprint density at radius 2 is 1.75 bits per heavy atom. The van der Waals surface area contributed by atoms with Gasteiger partial charge in [-0.15, -0.1) is 4.72 Å². The van der Waals surface area contributed by atoms with Gasteiger partial charge in [-0.25, -0.2) is 13.4 Å². The van der Waals surface area contributed by atoms with Crippen molar-refractivity contribution in [3.63, 3.8) is 0 Å². The van der Waals surface area contributed by atoms with Crippen LogP contribution < -0.4 is 10.3 Å². The molecule has 0 fully saturated rings. The number of aryl methyl sites for hydroxylation is 1. The van der Waals surface area contributed by atoms with E-state index in [9.17, 15) is 17.8 Å². The lowest BCUT2D eigenvalue weighted by Gasteiger charge is -2.27. The first-order chi connectivity index (χ1) is 14.7. The van der Waals surface area contributed by atoms with E-state index >= 15 is 0 Å². The third kappa shape index (κ3) is 4.91. The Labute approximate surface area is 192 Å². The quantitative estimate of drug-likeness (QED) is 0.567. The van der Waals surface area contributed by atoms with E-state index in [1.807, 2.05) is 40.7 Å². The second-order valence-electron chi connectivity index (χ2n) is 9.07. The number of fused-ring (bicyclic) bond motifs is 1. The van der Waals surface area contributed by atoms with Crippen LogP contribution in [0.15, 0.2) is 46.1 Å². The maximum atomic E-state index is 13.2. The van der Waals surface area contributed by atoms with Crippen molar-refractivity contribution in [1.29, 1.82) is 0 Å². The predicted molar refractivity (Wildman–Crippen MR) is 130 cm³/mol. The molecule has 1 aromatic heterocycles. The highest BCUT2D eigenvalue weighted by molar-refractivity contribution is 7.91. The van der Waals surface area contributed by atoms with E-state index in [4.69, 9.17) is 4.98 Å². The summed E-state index contributed by atoms with van der Waals surface area (Å²) < 4.78 is 40.4. The van der Waals surface area contributed by atoms with Crippen LogP contribution in [0, 0.1) is 6.92 Å². The molecule has 2 aromatic carbocycles. The van der Waals surface area contributed by atoms with E-state index in [-0.39, 0.29) is 16.5 Å². The van der Waals surface area contributed by atoms with Crippen LogP contribution in [0.25, 0.3) is 22.3 Å². The van der Waals surface area contributed by atoms with Crippen LogP contribution in [0.1, 0.15) is 44.9 Å². The minimum atomic E-state index is -3.33. The SMILES string of the molecule is Cc1cc(C(C)N[S+]([O-])C(C)(C)C)c2nc(-c3ccc(S(C)(=O)=O)cc3)n(C)c(=O)c2c1. The molecule has 0 saturated heterocycles. The highest BCUT2D eigenvalue weighted by Gasteiger charge is 2.29. The van der Waals surface area contributed by atoms with Crippen LogP contribution in [0.3, 0.4) is 0 Å². The first kappa shape index (κ1) is 24.4. The highest BCUT2D eigenvalue weighted by Crippen LogP contribution is 2.28. The third-order valence-corrected chi connectivity index (χ3v) is 8.01. The summed E-state index contributed by atoms with van der Waals surface area (Å²) in [7, 11) is -1.68. The number of sulfone groups is 1. The van der Waals surface area contributed by atoms with Gasteiger partial charge in [0.15, 0.2) is 9.84 Å². The van der Waals surface area contributed by atoms with Crippen molar-refractivity contribution < 1.29 is 13.0 Å². The number of benzene rings is 2. The van der Waals surface area contributed by atoms with Gasteiger partial charge < -0.3 is 4.55 Å². The van der Waals surface area contributed by atoms with E-state index in [1.165, 1.54) is 16.7 Å². The second-order valence-corrected chi connectivity index (χ2v) is 13.1. The molecular formula is C23H29N3O4S2. The molecule has 0 amide bonds. The molecule has 2 atom stereocenters. The standard InChI is InChI=1S/C23H29N3O4S2/c1-14-12-18(15(2)25-31(28)23(3,4)5)20-19(13-14)22(27)26(6)21(24-20)16-8-10-17(11-9-16)32(7,29)30/h8-13,15,25H,1-7H3. The third-order valence-electron chi connectivity index (χ3n) is 5.20. The van der Waals surface area contributed by atoms with E-state index in [0.717, 1.165) is 17.4 Å². The Balaban J connectivity index is 2.19. The molecule has 0 aliphatic carbocycles. The van der Waals surface area contributed by atoms with Crippen molar-refractivity contribution in [2.45, 2.75) is 50.3 Å². The molecule has 0 aliphatic rings. The van der Waals surface area contributed by atoms with Crippen LogP contribution in [0.2, 0.25) is 0 Å². The monoisotopic (exact) mass is 475 g/mol. The van der Waals surface area contributed by atoms with Crippen LogP contribution >= 0.6 is 0 Å². The zero-order chi connectivity index (χ0) is 24.0. The van der Waals surface area contributed by atoms with Crippen LogP contribution in [-0.4, -0.2) is 33.5 Å². The average molecular weight is 476 g/mol. The lowest BCUT2D eigenvalue weighted by atomic mass is 10.0. The number of hydrogen-bond donors (Lipinski definition) is 1. The van der Waals surface area contributed by atoms with Gasteiger partial charge in [-0.05, 0) is 70.5 Å². The molecule has 172 valence electrons. The van der Waals surface area contributed by atoms with Gasteiger partial charge in [0.1, 0.15) is 10.6 Å². The molecule has 2 unspecified atom stereocenters. The molecule has 3 rings (SSSR count). The molecule has 0 aliphatic heterocycles. The van der Waals surface area contributed by atoms with Gasteiger partial charge in [-0.3, -0.25) is 9.36 Å². The minimum Gasteiger partial charge on any atom is -0.598 e. The summed E-state index contributed by atoms with van der Waals surface area (Å²) in [6.07, 6.45) is 1.15. The Kier molecular flexibility index (Phi) is 6.59. The van der Waals surface area contributed by atoms with E-state index in [0.29, 0.717) is 22.3 Å². The lowest BCUT2D eigenvalue weighted by Crippen LogP contribution is -2.40. The first-order valence-electron chi connectivity index (χ1n) is 10.2. The van der Waals surface area contributed by atoms with Crippen molar-refractivity contribution in [2.24, 2.45) is 7.05 Å². The minimum absolute atomic E-state index is 0.200. The highest BCUT2D eigenvalue weighted by atomic mass is 32.2. The number of hydrogen-bond acceptors (Lipinski definition) is 6. The Morgan fingerprint density at radius 1 is 1.16 bits per heavy atom. The molecule has 7 nitrogen and oxygen atoms in total. The molecule has 3 aromatic rings. The van der Waals surface area contributed by atoms with Crippen molar-refractivity contribution in [3.8, 4) is 11.4 Å². The summed E-state index contributed by atoms with van der Waals surface area (Å²) in [4.78, 5) is 18.2.